The minimum absolute atomic E-state index is 0.190. The van der Waals surface area contributed by atoms with E-state index in [4.69, 9.17) is 21.7 Å². The molecule has 0 aromatic heterocycles. The molecule has 2 atom stereocenters. The summed E-state index contributed by atoms with van der Waals surface area (Å²) in [5, 5.41) is 16.8. The zero-order valence-electron chi connectivity index (χ0n) is 8.29. The SMILES string of the molecule is C[Se]CC(N)C(=O)O.NC(CS)C(=O)O. The number of carboxylic acids is 2. The molecule has 6 nitrogen and oxygen atoms in total. The smallest absolute Gasteiger partial charge is 0.321 e. The molecule has 0 rings (SSSR count). The summed E-state index contributed by atoms with van der Waals surface area (Å²) >= 11 is 4.02. The van der Waals surface area contributed by atoms with E-state index in [2.05, 4.69) is 12.6 Å². The monoisotopic (exact) mass is 304 g/mol. The van der Waals surface area contributed by atoms with Gasteiger partial charge in [-0.15, -0.1) is 0 Å². The van der Waals surface area contributed by atoms with E-state index in [9.17, 15) is 9.59 Å². The first kappa shape index (κ1) is 17.1. The molecule has 90 valence electrons. The van der Waals surface area contributed by atoms with Crippen LogP contribution in [0.15, 0.2) is 0 Å². The molecule has 0 heterocycles. The van der Waals surface area contributed by atoms with Gasteiger partial charge in [0, 0.05) is 5.75 Å². The van der Waals surface area contributed by atoms with Gasteiger partial charge in [0.2, 0.25) is 0 Å². The van der Waals surface area contributed by atoms with Crippen LogP contribution in [0.1, 0.15) is 0 Å². The van der Waals surface area contributed by atoms with Crippen molar-refractivity contribution in [2.75, 3.05) is 5.75 Å². The van der Waals surface area contributed by atoms with Crippen LogP contribution >= 0.6 is 12.6 Å². The maximum Gasteiger partial charge on any atom is 0.321 e. The van der Waals surface area contributed by atoms with E-state index in [1.54, 1.807) is 0 Å². The van der Waals surface area contributed by atoms with Crippen LogP contribution in [0.3, 0.4) is 0 Å². The van der Waals surface area contributed by atoms with Gasteiger partial charge < -0.3 is 10.8 Å². The first-order valence-electron chi connectivity index (χ1n) is 3.93. The Bertz CT molecular complexity index is 205. The Labute approximate surface area is 100.0 Å². The second-order valence-corrected chi connectivity index (χ2v) is 4.80. The fraction of sp³-hybridized carbons (Fsp3) is 0.714. The molecule has 0 aliphatic heterocycles. The van der Waals surface area contributed by atoms with Crippen molar-refractivity contribution >= 4 is 39.5 Å². The summed E-state index contributed by atoms with van der Waals surface area (Å²) in [6, 6.07) is -1.46. The summed E-state index contributed by atoms with van der Waals surface area (Å²) in [6.07, 6.45) is 0. The Balaban J connectivity index is 0. The zero-order chi connectivity index (χ0) is 12.4. The van der Waals surface area contributed by atoms with Gasteiger partial charge in [-0.3, -0.25) is 4.79 Å². The maximum atomic E-state index is 9.97. The minimum Gasteiger partial charge on any atom is -0.480 e. The van der Waals surface area contributed by atoms with Crippen molar-refractivity contribution < 1.29 is 19.8 Å². The van der Waals surface area contributed by atoms with E-state index in [0.29, 0.717) is 20.3 Å². The van der Waals surface area contributed by atoms with Crippen LogP contribution in [0.2, 0.25) is 11.1 Å². The number of aliphatic carboxylic acids is 2. The van der Waals surface area contributed by atoms with Gasteiger partial charge >= 0.3 is 59.7 Å². The molecular weight excluding hydrogens is 287 g/mol. The van der Waals surface area contributed by atoms with Gasteiger partial charge in [0.05, 0.1) is 0 Å². The first-order chi connectivity index (χ1) is 6.86. The molecule has 6 N–H and O–H groups in total. The van der Waals surface area contributed by atoms with E-state index >= 15 is 0 Å². The number of hydrogen-bond acceptors (Lipinski definition) is 5. The maximum absolute atomic E-state index is 9.97. The molecule has 2 unspecified atom stereocenters. The molecular formula is C7H16N2O4SSe. The quantitative estimate of drug-likeness (QED) is 0.324. The molecule has 0 saturated carbocycles. The van der Waals surface area contributed by atoms with Crippen LogP contribution in [0.4, 0.5) is 0 Å². The summed E-state index contributed by atoms with van der Waals surface area (Å²) < 4.78 is 0. The fourth-order valence-corrected chi connectivity index (χ4v) is 1.54. The molecule has 15 heavy (non-hydrogen) atoms. The molecule has 0 bridgehead atoms. The van der Waals surface area contributed by atoms with Crippen LogP contribution in [0.25, 0.3) is 0 Å². The predicted molar refractivity (Wildman–Crippen MR) is 61.5 cm³/mol. The van der Waals surface area contributed by atoms with Crippen molar-refractivity contribution in [3.8, 4) is 0 Å². The van der Waals surface area contributed by atoms with E-state index in [-0.39, 0.29) is 5.75 Å². The van der Waals surface area contributed by atoms with Crippen molar-refractivity contribution in [2.45, 2.75) is 23.2 Å². The van der Waals surface area contributed by atoms with Gasteiger partial charge in [0.1, 0.15) is 6.04 Å². The molecule has 0 spiro atoms. The zero-order valence-corrected chi connectivity index (χ0v) is 10.9. The number of carbonyl (C=O) groups is 2. The third kappa shape index (κ3) is 11.7. The standard InChI is InChI=1S/C4H9NO2Se.C3H7NO2S/c1-8-2-3(5)4(6)7;4-2(1-7)3(5)6/h3H,2,5H2,1H3,(H,6,7);2,7H,1,4H2,(H,5,6). The third-order valence-corrected chi connectivity index (χ3v) is 3.02. The Kier molecular flexibility index (Phi) is 11.7. The minimum atomic E-state index is -1.00. The molecule has 8 heteroatoms. The summed E-state index contributed by atoms with van der Waals surface area (Å²) in [5.41, 5.74) is 10.1. The number of thiol groups is 1. The van der Waals surface area contributed by atoms with Crippen molar-refractivity contribution in [3.63, 3.8) is 0 Å². The Morgan fingerprint density at radius 2 is 1.67 bits per heavy atom. The summed E-state index contributed by atoms with van der Waals surface area (Å²) in [5.74, 6) is 0.259. The Morgan fingerprint density at radius 1 is 1.27 bits per heavy atom. The second kappa shape index (κ2) is 10.3. The third-order valence-electron chi connectivity index (χ3n) is 1.18. The molecule has 0 saturated heterocycles. The van der Waals surface area contributed by atoms with Crippen LogP contribution in [0.5, 0.6) is 0 Å². The number of nitrogens with two attached hydrogens (primary N) is 2. The summed E-state index contributed by atoms with van der Waals surface area (Å²) in [4.78, 5) is 19.7. The van der Waals surface area contributed by atoms with Crippen LogP contribution in [-0.2, 0) is 9.59 Å². The molecule has 0 radical (unpaired) electrons. The van der Waals surface area contributed by atoms with Gasteiger partial charge in [-0.1, -0.05) is 0 Å². The van der Waals surface area contributed by atoms with E-state index in [1.165, 1.54) is 0 Å². The van der Waals surface area contributed by atoms with Gasteiger partial charge in [0.25, 0.3) is 0 Å². The van der Waals surface area contributed by atoms with E-state index in [1.807, 2.05) is 5.82 Å². The molecule has 0 aliphatic rings. The molecule has 0 aromatic carbocycles. The van der Waals surface area contributed by atoms with E-state index < -0.39 is 24.0 Å². The largest absolute Gasteiger partial charge is 0.480 e. The average molecular weight is 303 g/mol. The fourth-order valence-electron chi connectivity index (χ4n) is 0.329. The second-order valence-electron chi connectivity index (χ2n) is 2.53. The van der Waals surface area contributed by atoms with Gasteiger partial charge in [-0.05, 0) is 0 Å². The van der Waals surface area contributed by atoms with E-state index in [0.717, 1.165) is 0 Å². The first-order valence-corrected chi connectivity index (χ1v) is 7.49. The van der Waals surface area contributed by atoms with Crippen molar-refractivity contribution in [1.29, 1.82) is 0 Å². The van der Waals surface area contributed by atoms with Crippen molar-refractivity contribution in [3.05, 3.63) is 0 Å². The topological polar surface area (TPSA) is 127 Å². The molecule has 0 aliphatic carbocycles. The van der Waals surface area contributed by atoms with Crippen molar-refractivity contribution in [1.82, 2.24) is 0 Å². The molecule has 0 fully saturated rings. The summed E-state index contributed by atoms with van der Waals surface area (Å²) in [7, 11) is 0. The molecule has 0 aromatic rings. The van der Waals surface area contributed by atoms with Crippen molar-refractivity contribution in [2.24, 2.45) is 11.5 Å². The Morgan fingerprint density at radius 3 is 1.73 bits per heavy atom. The van der Waals surface area contributed by atoms with Gasteiger partial charge in [-0.2, -0.15) is 12.6 Å². The Hall–Kier alpha value is -0.271. The normalized spacial score (nSPS) is 13.3. The number of hydrogen-bond donors (Lipinski definition) is 5. The van der Waals surface area contributed by atoms with Crippen LogP contribution in [-0.4, -0.2) is 54.9 Å². The number of carboxylic acid groups (broad SMARTS) is 2. The summed E-state index contributed by atoms with van der Waals surface area (Å²) in [6.45, 7) is 0. The predicted octanol–water partition coefficient (Wildman–Crippen LogP) is -1.10. The molecule has 0 amide bonds. The van der Waals surface area contributed by atoms with Crippen LogP contribution in [0, 0.1) is 0 Å². The average Bonchev–Trinajstić information content (AvgIpc) is 2.17. The van der Waals surface area contributed by atoms with Crippen LogP contribution < -0.4 is 11.5 Å². The number of rotatable bonds is 5. The van der Waals surface area contributed by atoms with Gasteiger partial charge in [-0.25, -0.2) is 0 Å². The van der Waals surface area contributed by atoms with Gasteiger partial charge in [0.15, 0.2) is 0 Å².